The molecule has 0 aromatic heterocycles. The normalized spacial score (nSPS) is 10.5. The van der Waals surface area contributed by atoms with Crippen molar-refractivity contribution in [3.8, 4) is 0 Å². The van der Waals surface area contributed by atoms with Crippen LogP contribution < -0.4 is 10.6 Å². The second kappa shape index (κ2) is 6.92. The van der Waals surface area contributed by atoms with Crippen LogP contribution >= 0.6 is 15.9 Å². The van der Waals surface area contributed by atoms with Gasteiger partial charge in [0.05, 0.1) is 0 Å². The van der Waals surface area contributed by atoms with Crippen LogP contribution in [0.4, 0.5) is 5.69 Å². The van der Waals surface area contributed by atoms with Crippen molar-refractivity contribution < 1.29 is 0 Å². The molecule has 0 saturated carbocycles. The molecule has 0 spiro atoms. The summed E-state index contributed by atoms with van der Waals surface area (Å²) in [7, 11) is 0. The van der Waals surface area contributed by atoms with Crippen molar-refractivity contribution in [2.24, 2.45) is 5.73 Å². The molecule has 0 fully saturated rings. The Morgan fingerprint density at radius 3 is 2.56 bits per heavy atom. The maximum atomic E-state index is 5.65. The van der Waals surface area contributed by atoms with Gasteiger partial charge in [0.15, 0.2) is 0 Å². The number of rotatable bonds is 6. The van der Waals surface area contributed by atoms with Crippen molar-refractivity contribution in [2.45, 2.75) is 33.2 Å². The van der Waals surface area contributed by atoms with Crippen LogP contribution in [0, 0.1) is 0 Å². The SMILES string of the molecule is CCCCN(CC)c1ccc(CN)c(Br)c1. The van der Waals surface area contributed by atoms with Gasteiger partial charge in [-0.1, -0.05) is 35.3 Å². The van der Waals surface area contributed by atoms with E-state index in [1.165, 1.54) is 18.5 Å². The molecule has 2 nitrogen and oxygen atoms in total. The molecule has 0 aliphatic heterocycles. The van der Waals surface area contributed by atoms with Crippen LogP contribution in [0.1, 0.15) is 32.3 Å². The molecule has 1 aromatic carbocycles. The Morgan fingerprint density at radius 1 is 1.31 bits per heavy atom. The van der Waals surface area contributed by atoms with E-state index in [-0.39, 0.29) is 0 Å². The first-order valence-corrected chi connectivity index (χ1v) is 6.75. The van der Waals surface area contributed by atoms with Crippen LogP contribution in [-0.2, 0) is 6.54 Å². The standard InChI is InChI=1S/C13H21BrN2/c1-3-5-8-16(4-2)12-7-6-11(10-15)13(14)9-12/h6-7,9H,3-5,8,10,15H2,1-2H3. The highest BCUT2D eigenvalue weighted by molar-refractivity contribution is 9.10. The van der Waals surface area contributed by atoms with Gasteiger partial charge >= 0.3 is 0 Å². The maximum Gasteiger partial charge on any atom is 0.0377 e. The van der Waals surface area contributed by atoms with E-state index in [9.17, 15) is 0 Å². The van der Waals surface area contributed by atoms with E-state index < -0.39 is 0 Å². The van der Waals surface area contributed by atoms with E-state index in [4.69, 9.17) is 5.73 Å². The Balaban J connectivity index is 2.80. The van der Waals surface area contributed by atoms with E-state index in [2.05, 4.69) is 52.9 Å². The van der Waals surface area contributed by atoms with E-state index in [0.717, 1.165) is 23.1 Å². The van der Waals surface area contributed by atoms with E-state index in [1.807, 2.05) is 0 Å². The van der Waals surface area contributed by atoms with Gasteiger partial charge in [-0.25, -0.2) is 0 Å². The zero-order valence-corrected chi connectivity index (χ0v) is 11.8. The Bertz CT molecular complexity index is 326. The van der Waals surface area contributed by atoms with Crippen molar-refractivity contribution >= 4 is 21.6 Å². The predicted octanol–water partition coefficient (Wildman–Crippen LogP) is 3.53. The fourth-order valence-corrected chi connectivity index (χ4v) is 2.25. The number of halogens is 1. The summed E-state index contributed by atoms with van der Waals surface area (Å²) >= 11 is 3.57. The van der Waals surface area contributed by atoms with Crippen LogP contribution in [0.3, 0.4) is 0 Å². The highest BCUT2D eigenvalue weighted by Gasteiger charge is 2.06. The molecule has 0 amide bonds. The zero-order chi connectivity index (χ0) is 12.0. The van der Waals surface area contributed by atoms with Crippen LogP contribution in [0.25, 0.3) is 0 Å². The lowest BCUT2D eigenvalue weighted by Gasteiger charge is -2.23. The van der Waals surface area contributed by atoms with Crippen LogP contribution in [0.15, 0.2) is 22.7 Å². The fraction of sp³-hybridized carbons (Fsp3) is 0.538. The second-order valence-electron chi connectivity index (χ2n) is 3.91. The lowest BCUT2D eigenvalue weighted by atomic mass is 10.2. The van der Waals surface area contributed by atoms with Gasteiger partial charge < -0.3 is 10.6 Å². The monoisotopic (exact) mass is 284 g/mol. The maximum absolute atomic E-state index is 5.65. The largest absolute Gasteiger partial charge is 0.372 e. The van der Waals surface area contributed by atoms with Crippen LogP contribution in [-0.4, -0.2) is 13.1 Å². The van der Waals surface area contributed by atoms with Gasteiger partial charge in [0.25, 0.3) is 0 Å². The minimum Gasteiger partial charge on any atom is -0.372 e. The number of anilines is 1. The molecule has 90 valence electrons. The highest BCUT2D eigenvalue weighted by Crippen LogP contribution is 2.24. The number of hydrogen-bond donors (Lipinski definition) is 1. The van der Waals surface area contributed by atoms with Gasteiger partial charge in [0.2, 0.25) is 0 Å². The van der Waals surface area contributed by atoms with Crippen LogP contribution in [0.5, 0.6) is 0 Å². The predicted molar refractivity (Wildman–Crippen MR) is 74.8 cm³/mol. The molecule has 0 bridgehead atoms. The smallest absolute Gasteiger partial charge is 0.0377 e. The third kappa shape index (κ3) is 3.49. The first-order chi connectivity index (χ1) is 7.72. The molecule has 2 N–H and O–H groups in total. The van der Waals surface area contributed by atoms with E-state index in [0.29, 0.717) is 6.54 Å². The minimum absolute atomic E-state index is 0.585. The lowest BCUT2D eigenvalue weighted by molar-refractivity contribution is 0.732. The molecule has 1 aromatic rings. The second-order valence-corrected chi connectivity index (χ2v) is 4.77. The molecule has 0 unspecified atom stereocenters. The average Bonchev–Trinajstić information content (AvgIpc) is 2.30. The van der Waals surface area contributed by atoms with Gasteiger partial charge in [-0.2, -0.15) is 0 Å². The van der Waals surface area contributed by atoms with E-state index >= 15 is 0 Å². The van der Waals surface area contributed by atoms with E-state index in [1.54, 1.807) is 0 Å². The third-order valence-electron chi connectivity index (χ3n) is 2.79. The summed E-state index contributed by atoms with van der Waals surface area (Å²) in [6.07, 6.45) is 2.47. The summed E-state index contributed by atoms with van der Waals surface area (Å²) in [6, 6.07) is 6.43. The highest BCUT2D eigenvalue weighted by atomic mass is 79.9. The topological polar surface area (TPSA) is 29.3 Å². The lowest BCUT2D eigenvalue weighted by Crippen LogP contribution is -2.23. The van der Waals surface area contributed by atoms with Crippen molar-refractivity contribution in [1.82, 2.24) is 0 Å². The van der Waals surface area contributed by atoms with Gasteiger partial charge in [-0.05, 0) is 31.0 Å². The molecule has 0 aliphatic rings. The van der Waals surface area contributed by atoms with Gasteiger partial charge in [-0.3, -0.25) is 0 Å². The summed E-state index contributed by atoms with van der Waals surface area (Å²) in [5, 5.41) is 0. The van der Waals surface area contributed by atoms with Crippen molar-refractivity contribution in [2.75, 3.05) is 18.0 Å². The van der Waals surface area contributed by atoms with Crippen molar-refractivity contribution in [1.29, 1.82) is 0 Å². The summed E-state index contributed by atoms with van der Waals surface area (Å²) in [6.45, 7) is 7.18. The molecule has 1 rings (SSSR count). The molecule has 0 atom stereocenters. The number of hydrogen-bond acceptors (Lipinski definition) is 2. The molecule has 3 heteroatoms. The summed E-state index contributed by atoms with van der Waals surface area (Å²) in [5.74, 6) is 0. The average molecular weight is 285 g/mol. The zero-order valence-electron chi connectivity index (χ0n) is 10.2. The van der Waals surface area contributed by atoms with Crippen LogP contribution in [0.2, 0.25) is 0 Å². The Kier molecular flexibility index (Phi) is 5.85. The first kappa shape index (κ1) is 13.5. The summed E-state index contributed by atoms with van der Waals surface area (Å²) in [5.41, 5.74) is 8.09. The minimum atomic E-state index is 0.585. The van der Waals surface area contributed by atoms with Gasteiger partial charge in [0, 0.05) is 29.8 Å². The summed E-state index contributed by atoms with van der Waals surface area (Å²) < 4.78 is 1.11. The molecule has 0 heterocycles. The number of nitrogens with zero attached hydrogens (tertiary/aromatic N) is 1. The fourth-order valence-electron chi connectivity index (χ4n) is 1.72. The quantitative estimate of drug-likeness (QED) is 0.866. The van der Waals surface area contributed by atoms with Gasteiger partial charge in [0.1, 0.15) is 0 Å². The Hall–Kier alpha value is -0.540. The molecule has 0 radical (unpaired) electrons. The Labute approximate surface area is 107 Å². The third-order valence-corrected chi connectivity index (χ3v) is 3.52. The van der Waals surface area contributed by atoms with Gasteiger partial charge in [-0.15, -0.1) is 0 Å². The summed E-state index contributed by atoms with van der Waals surface area (Å²) in [4.78, 5) is 2.40. The molecule has 16 heavy (non-hydrogen) atoms. The molecule has 0 saturated heterocycles. The molecular formula is C13H21BrN2. The number of unbranched alkanes of at least 4 members (excludes halogenated alkanes) is 1. The van der Waals surface area contributed by atoms with Crippen molar-refractivity contribution in [3.63, 3.8) is 0 Å². The number of nitrogens with two attached hydrogens (primary N) is 1. The number of benzene rings is 1. The first-order valence-electron chi connectivity index (χ1n) is 5.96. The molecule has 0 aliphatic carbocycles. The van der Waals surface area contributed by atoms with Crippen molar-refractivity contribution in [3.05, 3.63) is 28.2 Å². The Morgan fingerprint density at radius 2 is 2.06 bits per heavy atom. The molecular weight excluding hydrogens is 264 g/mol.